The third kappa shape index (κ3) is 46.3. The van der Waals surface area contributed by atoms with Crippen LogP contribution in [-0.2, 0) is 4.79 Å². The maximum absolute atomic E-state index is 8.25. The molecule has 0 fully saturated rings. The molecular weight excluding hydrogens is 204 g/mol. The van der Waals surface area contributed by atoms with Crippen LogP contribution in [0.2, 0.25) is 0 Å². The van der Waals surface area contributed by atoms with Crippen molar-refractivity contribution in [3.05, 3.63) is 0 Å². The van der Waals surface area contributed by atoms with E-state index < -0.39 is 6.47 Å². The van der Waals surface area contributed by atoms with E-state index in [1.165, 1.54) is 0 Å². The molecule has 5 heteroatoms. The van der Waals surface area contributed by atoms with Crippen molar-refractivity contribution in [2.75, 3.05) is 0 Å². The van der Waals surface area contributed by atoms with Crippen LogP contribution in [-0.4, -0.2) is 60.8 Å². The van der Waals surface area contributed by atoms with E-state index in [0.717, 1.165) is 0 Å². The first-order valence-electron chi connectivity index (χ1n) is 0.471. The Kier molecular flexibility index (Phi) is 130. The number of rotatable bonds is 0. The van der Waals surface area contributed by atoms with Gasteiger partial charge in [-0.15, -0.1) is 0 Å². The van der Waals surface area contributed by atoms with E-state index in [2.05, 4.69) is 0 Å². The third-order valence-corrected chi connectivity index (χ3v) is 0. The van der Waals surface area contributed by atoms with E-state index in [1.807, 2.05) is 0 Å². The van der Waals surface area contributed by atoms with Gasteiger partial charge in [0.05, 0.1) is 0 Å². The van der Waals surface area contributed by atoms with E-state index >= 15 is 0 Å². The van der Waals surface area contributed by atoms with Gasteiger partial charge in [-0.3, -0.25) is 0 Å². The molecule has 0 bridgehead atoms. The van der Waals surface area contributed by atoms with Crippen molar-refractivity contribution >= 4 is 55.4 Å². The number of carbonyl (C=O) groups is 1. The van der Waals surface area contributed by atoms with Gasteiger partial charge in [0.1, 0.15) is 0 Å². The average Bonchev–Trinajstić information content (AvgIpc) is 0.918. The first-order chi connectivity index (χ1) is 1.41. The Hall–Kier alpha value is 1.60. The van der Waals surface area contributed by atoms with Gasteiger partial charge in [-0.1, -0.05) is 0 Å². The second-order valence-electron chi connectivity index (χ2n) is 0.0962. The van der Waals surface area contributed by atoms with Crippen molar-refractivity contribution in [2.45, 2.75) is 0 Å². The zero-order valence-corrected chi connectivity index (χ0v) is 7.99. The number of carbonyl (C=O) groups excluding carboxylic acids is 1. The molecule has 0 heterocycles. The fourth-order valence-electron chi connectivity index (χ4n) is 0. The van der Waals surface area contributed by atoms with Gasteiger partial charge in [0.2, 0.25) is 0 Å². The molecule has 0 aromatic rings. The molecule has 0 aliphatic heterocycles. The molecule has 0 radical (unpaired) electrons. The van der Waals surface area contributed by atoms with Crippen LogP contribution < -0.4 is 24.0 Å². The zero-order valence-electron chi connectivity index (χ0n) is 4.55. The van der Waals surface area contributed by atoms with Gasteiger partial charge in [-0.05, 0) is 0 Å². The van der Waals surface area contributed by atoms with Gasteiger partial charge in [-0.25, -0.2) is 0 Å². The summed E-state index contributed by atoms with van der Waals surface area (Å²) in [6.07, 6.45) is 0. The van der Waals surface area contributed by atoms with Crippen molar-refractivity contribution in [1.82, 2.24) is 0 Å². The largest absolute Gasteiger partial charge is 2.00 e. The predicted molar refractivity (Wildman–Crippen MR) is 14.9 cm³/mol. The minimum Gasteiger partial charge on any atom is -1.00 e. The Bertz CT molecular complexity index is 22.4. The Balaban J connectivity index is -0.00000000333. The number of hydrogen-bond acceptors (Lipinski definition) is 3. The normalized spacial score (nSPS) is 2.00. The molecular formula is CH3BaLiO3. The second-order valence-corrected chi connectivity index (χ2v) is 0.0962. The molecule has 0 rings (SSSR count). The third-order valence-electron chi connectivity index (χ3n) is 0. The standard InChI is InChI=1S/CH2O2.Ba.Li.H2O.H/c2-1-3;;;;/h1H,(H,2,3);;;1H2;/q;+2;+1;;-1/p-2. The van der Waals surface area contributed by atoms with E-state index in [4.69, 9.17) is 9.90 Å². The van der Waals surface area contributed by atoms with Crippen molar-refractivity contribution < 1.29 is 35.7 Å². The van der Waals surface area contributed by atoms with Crippen LogP contribution in [0.5, 0.6) is 0 Å². The van der Waals surface area contributed by atoms with Crippen molar-refractivity contribution in [2.24, 2.45) is 0 Å². The first-order valence-corrected chi connectivity index (χ1v) is 0.471. The van der Waals surface area contributed by atoms with Crippen LogP contribution in [0.4, 0.5) is 0 Å². The molecule has 0 amide bonds. The monoisotopic (exact) mass is 208 g/mol. The van der Waals surface area contributed by atoms with E-state index in [0.29, 0.717) is 0 Å². The van der Waals surface area contributed by atoms with Gasteiger partial charge in [-0.2, -0.15) is 0 Å². The predicted octanol–water partition coefficient (Wildman–Crippen LogP) is -5.08. The van der Waals surface area contributed by atoms with Crippen molar-refractivity contribution in [3.8, 4) is 0 Å². The Morgan fingerprint density at radius 3 is 1.67 bits per heavy atom. The van der Waals surface area contributed by atoms with E-state index in [1.54, 1.807) is 0 Å². The molecule has 0 saturated carbocycles. The van der Waals surface area contributed by atoms with Gasteiger partial charge in [0, 0.05) is 6.47 Å². The molecule has 0 atom stereocenters. The first kappa shape index (κ1) is 25.5. The molecule has 28 valence electrons. The summed E-state index contributed by atoms with van der Waals surface area (Å²) in [6.45, 7) is -0.500. The van der Waals surface area contributed by atoms with Gasteiger partial charge < -0.3 is 16.8 Å². The van der Waals surface area contributed by atoms with Crippen LogP contribution in [0.3, 0.4) is 0 Å². The van der Waals surface area contributed by atoms with Crippen LogP contribution in [0.25, 0.3) is 0 Å². The fraction of sp³-hybridized carbons (Fsp3) is 0. The summed E-state index contributed by atoms with van der Waals surface area (Å²) in [4.78, 5) is 8.25. The fourth-order valence-corrected chi connectivity index (χ4v) is 0. The van der Waals surface area contributed by atoms with E-state index in [-0.39, 0.29) is 74.6 Å². The van der Waals surface area contributed by atoms with Crippen LogP contribution >= 0.6 is 0 Å². The summed E-state index contributed by atoms with van der Waals surface area (Å²) in [5.74, 6) is 0. The summed E-state index contributed by atoms with van der Waals surface area (Å²) in [5, 5.41) is 8.25. The molecule has 0 saturated heterocycles. The average molecular weight is 207 g/mol. The molecule has 6 heavy (non-hydrogen) atoms. The van der Waals surface area contributed by atoms with Crippen LogP contribution in [0, 0.1) is 0 Å². The maximum Gasteiger partial charge on any atom is 2.00 e. The molecule has 0 aliphatic carbocycles. The minimum absolute atomic E-state index is 0. The minimum atomic E-state index is -0.500. The van der Waals surface area contributed by atoms with E-state index in [9.17, 15) is 0 Å². The Labute approximate surface area is 89.5 Å². The molecule has 1 N–H and O–H groups in total. The quantitative estimate of drug-likeness (QED) is 0.295. The van der Waals surface area contributed by atoms with Crippen molar-refractivity contribution in [3.63, 3.8) is 0 Å². The number of carboxylic acid groups (broad SMARTS) is 1. The maximum atomic E-state index is 8.25. The smallest absolute Gasteiger partial charge is 1.00 e. The summed E-state index contributed by atoms with van der Waals surface area (Å²) >= 11 is 0. The Morgan fingerprint density at radius 1 is 1.67 bits per heavy atom. The summed E-state index contributed by atoms with van der Waals surface area (Å²) in [6, 6.07) is 0. The van der Waals surface area contributed by atoms with Gasteiger partial charge in [0.25, 0.3) is 0 Å². The molecule has 0 aromatic carbocycles. The van der Waals surface area contributed by atoms with Gasteiger partial charge in [0.15, 0.2) is 0 Å². The molecule has 0 aromatic heterocycles. The van der Waals surface area contributed by atoms with Crippen LogP contribution in [0.1, 0.15) is 1.43 Å². The Morgan fingerprint density at radius 2 is 1.67 bits per heavy atom. The number of hydrogen-bond donors (Lipinski definition) is 0. The second kappa shape index (κ2) is 30.6. The van der Waals surface area contributed by atoms with Crippen LogP contribution in [0.15, 0.2) is 0 Å². The molecule has 0 unspecified atom stereocenters. The summed E-state index contributed by atoms with van der Waals surface area (Å²) < 4.78 is 0. The molecule has 3 nitrogen and oxygen atoms in total. The summed E-state index contributed by atoms with van der Waals surface area (Å²) in [5.41, 5.74) is 0. The van der Waals surface area contributed by atoms with Crippen molar-refractivity contribution in [1.29, 1.82) is 0 Å². The zero-order chi connectivity index (χ0) is 2.71. The topological polar surface area (TPSA) is 70.1 Å². The molecule has 0 spiro atoms. The SMILES string of the molecule is O=C[O-].[Ba+2].[H-].[Li+].[OH-]. The molecule has 0 aliphatic rings. The van der Waals surface area contributed by atoms with Gasteiger partial charge >= 0.3 is 67.7 Å². The summed E-state index contributed by atoms with van der Waals surface area (Å²) in [7, 11) is 0.